The molecule has 0 bridgehead atoms. The summed E-state index contributed by atoms with van der Waals surface area (Å²) in [6.07, 6.45) is 7.99. The number of methoxy groups -OCH3 is 1. The van der Waals surface area contributed by atoms with Gasteiger partial charge in [0, 0.05) is 0 Å². The fourth-order valence-electron chi connectivity index (χ4n) is 2.89. The Labute approximate surface area is 109 Å². The van der Waals surface area contributed by atoms with Crippen molar-refractivity contribution in [2.75, 3.05) is 7.11 Å². The first-order chi connectivity index (χ1) is 8.72. The lowest BCUT2D eigenvalue weighted by molar-refractivity contribution is 0.0600. The number of carbonyl (C=O) groups excluding carboxylic acids is 1. The van der Waals surface area contributed by atoms with E-state index in [-0.39, 0.29) is 5.97 Å². The zero-order valence-electron chi connectivity index (χ0n) is 11.4. The molecule has 0 amide bonds. The van der Waals surface area contributed by atoms with Crippen molar-refractivity contribution in [3.8, 4) is 0 Å². The molecule has 2 nitrogen and oxygen atoms in total. The third-order valence-electron chi connectivity index (χ3n) is 3.98. The molecular formula is C16H22O2. The van der Waals surface area contributed by atoms with Gasteiger partial charge in [0.1, 0.15) is 0 Å². The summed E-state index contributed by atoms with van der Waals surface area (Å²) in [7, 11) is 1.43. The molecule has 0 saturated heterocycles. The van der Waals surface area contributed by atoms with E-state index < -0.39 is 0 Å². The van der Waals surface area contributed by atoms with Crippen LogP contribution in [0.4, 0.5) is 0 Å². The summed E-state index contributed by atoms with van der Waals surface area (Å²) in [6.45, 7) is 1.99. The molecule has 2 rings (SSSR count). The van der Waals surface area contributed by atoms with Crippen LogP contribution in [0.3, 0.4) is 0 Å². The Morgan fingerprint density at radius 2 is 1.83 bits per heavy atom. The number of rotatable bonds is 2. The van der Waals surface area contributed by atoms with Gasteiger partial charge in [0.2, 0.25) is 0 Å². The van der Waals surface area contributed by atoms with Crippen molar-refractivity contribution in [1.82, 2.24) is 0 Å². The zero-order valence-corrected chi connectivity index (χ0v) is 11.4. The van der Waals surface area contributed by atoms with E-state index in [9.17, 15) is 4.79 Å². The lowest BCUT2D eigenvalue weighted by Gasteiger charge is -2.16. The van der Waals surface area contributed by atoms with Crippen molar-refractivity contribution in [3.63, 3.8) is 0 Å². The molecule has 0 spiro atoms. The highest BCUT2D eigenvalue weighted by molar-refractivity contribution is 5.91. The Kier molecular flexibility index (Phi) is 4.40. The number of esters is 1. The zero-order chi connectivity index (χ0) is 13.0. The van der Waals surface area contributed by atoms with E-state index in [1.54, 1.807) is 0 Å². The predicted molar refractivity (Wildman–Crippen MR) is 73.0 cm³/mol. The molecule has 1 saturated carbocycles. The highest BCUT2D eigenvalue weighted by Crippen LogP contribution is 2.32. The molecule has 2 heteroatoms. The molecule has 0 unspecified atom stereocenters. The van der Waals surface area contributed by atoms with E-state index in [2.05, 4.69) is 12.1 Å². The first-order valence-corrected chi connectivity index (χ1v) is 6.91. The van der Waals surface area contributed by atoms with Crippen LogP contribution in [0, 0.1) is 6.92 Å². The van der Waals surface area contributed by atoms with Crippen LogP contribution in [0.15, 0.2) is 18.2 Å². The van der Waals surface area contributed by atoms with Gasteiger partial charge in [0.15, 0.2) is 0 Å². The molecule has 0 N–H and O–H groups in total. The molecular weight excluding hydrogens is 224 g/mol. The number of aryl methyl sites for hydroxylation is 1. The number of carbonyl (C=O) groups is 1. The normalized spacial score (nSPS) is 17.2. The molecule has 0 aromatic heterocycles. The summed E-state index contributed by atoms with van der Waals surface area (Å²) < 4.78 is 4.78. The molecule has 0 aliphatic heterocycles. The van der Waals surface area contributed by atoms with Crippen molar-refractivity contribution in [2.24, 2.45) is 0 Å². The fourth-order valence-corrected chi connectivity index (χ4v) is 2.89. The lowest BCUT2D eigenvalue weighted by atomic mass is 9.90. The van der Waals surface area contributed by atoms with Crippen LogP contribution in [0.5, 0.6) is 0 Å². The summed E-state index contributed by atoms with van der Waals surface area (Å²) in [6, 6.07) is 6.19. The van der Waals surface area contributed by atoms with E-state index in [1.807, 2.05) is 13.0 Å². The van der Waals surface area contributed by atoms with Crippen molar-refractivity contribution in [3.05, 3.63) is 34.9 Å². The molecule has 1 aromatic carbocycles. The maximum Gasteiger partial charge on any atom is 0.338 e. The lowest BCUT2D eigenvalue weighted by Crippen LogP contribution is -2.05. The quantitative estimate of drug-likeness (QED) is 0.577. The van der Waals surface area contributed by atoms with Crippen LogP contribution in [-0.2, 0) is 4.74 Å². The van der Waals surface area contributed by atoms with E-state index in [4.69, 9.17) is 4.74 Å². The minimum absolute atomic E-state index is 0.236. The average molecular weight is 246 g/mol. The minimum atomic E-state index is -0.236. The molecule has 0 heterocycles. The van der Waals surface area contributed by atoms with Crippen molar-refractivity contribution in [2.45, 2.75) is 51.4 Å². The Morgan fingerprint density at radius 1 is 1.17 bits per heavy atom. The van der Waals surface area contributed by atoms with Crippen molar-refractivity contribution >= 4 is 5.97 Å². The highest BCUT2D eigenvalue weighted by atomic mass is 16.5. The first kappa shape index (κ1) is 13.1. The second-order valence-electron chi connectivity index (χ2n) is 5.25. The molecule has 1 aliphatic carbocycles. The Hall–Kier alpha value is -1.31. The second kappa shape index (κ2) is 6.03. The second-order valence-corrected chi connectivity index (χ2v) is 5.25. The van der Waals surface area contributed by atoms with Crippen molar-refractivity contribution < 1.29 is 9.53 Å². The van der Waals surface area contributed by atoms with Gasteiger partial charge in [-0.25, -0.2) is 4.79 Å². The van der Waals surface area contributed by atoms with Gasteiger partial charge in [-0.2, -0.15) is 0 Å². The highest BCUT2D eigenvalue weighted by Gasteiger charge is 2.16. The van der Waals surface area contributed by atoms with Gasteiger partial charge in [-0.15, -0.1) is 0 Å². The van der Waals surface area contributed by atoms with Crippen LogP contribution in [0.1, 0.15) is 65.9 Å². The average Bonchev–Trinajstić information content (AvgIpc) is 2.66. The van der Waals surface area contributed by atoms with Gasteiger partial charge in [-0.1, -0.05) is 37.8 Å². The summed E-state index contributed by atoms with van der Waals surface area (Å²) >= 11 is 0. The number of ether oxygens (including phenoxy) is 1. The van der Waals surface area contributed by atoms with Crippen LogP contribution >= 0.6 is 0 Å². The summed E-state index contributed by atoms with van der Waals surface area (Å²) in [4.78, 5) is 11.6. The van der Waals surface area contributed by atoms with Crippen LogP contribution in [0.25, 0.3) is 0 Å². The Bertz CT molecular complexity index is 415. The molecule has 98 valence electrons. The van der Waals surface area contributed by atoms with E-state index in [0.29, 0.717) is 11.5 Å². The maximum atomic E-state index is 11.6. The molecule has 1 aliphatic rings. The Balaban J connectivity index is 2.19. The van der Waals surface area contributed by atoms with Gasteiger partial charge in [0.05, 0.1) is 12.7 Å². The van der Waals surface area contributed by atoms with Crippen LogP contribution in [-0.4, -0.2) is 13.1 Å². The maximum absolute atomic E-state index is 11.6. The number of hydrogen-bond donors (Lipinski definition) is 0. The largest absolute Gasteiger partial charge is 0.465 e. The summed E-state index contributed by atoms with van der Waals surface area (Å²) in [5, 5.41) is 0. The molecule has 18 heavy (non-hydrogen) atoms. The first-order valence-electron chi connectivity index (χ1n) is 6.91. The monoisotopic (exact) mass is 246 g/mol. The van der Waals surface area contributed by atoms with Crippen LogP contribution < -0.4 is 0 Å². The van der Waals surface area contributed by atoms with E-state index in [1.165, 1.54) is 51.2 Å². The molecule has 0 atom stereocenters. The van der Waals surface area contributed by atoms with E-state index >= 15 is 0 Å². The summed E-state index contributed by atoms with van der Waals surface area (Å²) in [5.74, 6) is 0.442. The van der Waals surface area contributed by atoms with Gasteiger partial charge in [-0.3, -0.25) is 0 Å². The topological polar surface area (TPSA) is 26.3 Å². The third-order valence-corrected chi connectivity index (χ3v) is 3.98. The van der Waals surface area contributed by atoms with Gasteiger partial charge in [0.25, 0.3) is 0 Å². The third kappa shape index (κ3) is 2.92. The predicted octanol–water partition coefficient (Wildman–Crippen LogP) is 4.22. The van der Waals surface area contributed by atoms with Gasteiger partial charge < -0.3 is 4.74 Å². The minimum Gasteiger partial charge on any atom is -0.465 e. The summed E-state index contributed by atoms with van der Waals surface area (Å²) in [5.41, 5.74) is 3.11. The molecule has 1 fully saturated rings. The molecule has 0 radical (unpaired) electrons. The van der Waals surface area contributed by atoms with E-state index in [0.717, 1.165) is 5.56 Å². The number of hydrogen-bond acceptors (Lipinski definition) is 2. The fraction of sp³-hybridized carbons (Fsp3) is 0.562. The smallest absolute Gasteiger partial charge is 0.338 e. The van der Waals surface area contributed by atoms with Crippen LogP contribution in [0.2, 0.25) is 0 Å². The molecule has 1 aromatic rings. The van der Waals surface area contributed by atoms with Gasteiger partial charge in [-0.05, 0) is 42.9 Å². The Morgan fingerprint density at radius 3 is 2.39 bits per heavy atom. The SMILES string of the molecule is COC(=O)c1ccc(C2CCCCCC2)cc1C. The van der Waals surface area contributed by atoms with Gasteiger partial charge >= 0.3 is 5.97 Å². The van der Waals surface area contributed by atoms with Crippen molar-refractivity contribution in [1.29, 1.82) is 0 Å². The standard InChI is InChI=1S/C16H22O2/c1-12-11-14(9-10-15(12)16(17)18-2)13-7-5-3-4-6-8-13/h9-11,13H,3-8H2,1-2H3. The number of benzene rings is 1.